The first-order chi connectivity index (χ1) is 11.8. The molecule has 0 bridgehead atoms. The van der Waals surface area contributed by atoms with E-state index in [0.29, 0.717) is 16.5 Å². The Morgan fingerprint density at radius 1 is 1.38 bits per heavy atom. The van der Waals surface area contributed by atoms with Crippen molar-refractivity contribution in [1.82, 2.24) is 25.1 Å². The Morgan fingerprint density at radius 3 is 3.12 bits per heavy atom. The summed E-state index contributed by atoms with van der Waals surface area (Å²) < 4.78 is 5.57. The summed E-state index contributed by atoms with van der Waals surface area (Å²) in [5.41, 5.74) is 0.449. The molecule has 124 valence electrons. The van der Waals surface area contributed by atoms with Crippen molar-refractivity contribution in [1.29, 1.82) is 0 Å². The van der Waals surface area contributed by atoms with Gasteiger partial charge in [-0.3, -0.25) is 9.89 Å². The summed E-state index contributed by atoms with van der Waals surface area (Å²) >= 11 is 1.39. The molecule has 0 spiro atoms. The van der Waals surface area contributed by atoms with Gasteiger partial charge < -0.3 is 9.32 Å². The van der Waals surface area contributed by atoms with Crippen LogP contribution in [0.3, 0.4) is 0 Å². The number of rotatable bonds is 3. The zero-order chi connectivity index (χ0) is 16.4. The summed E-state index contributed by atoms with van der Waals surface area (Å²) in [5, 5.41) is 9.05. The van der Waals surface area contributed by atoms with Crippen LogP contribution in [0.2, 0.25) is 0 Å². The second-order valence-electron chi connectivity index (χ2n) is 5.75. The minimum absolute atomic E-state index is 0.0228. The van der Waals surface area contributed by atoms with Gasteiger partial charge >= 0.3 is 0 Å². The molecule has 1 saturated heterocycles. The third-order valence-corrected chi connectivity index (χ3v) is 5.08. The highest BCUT2D eigenvalue weighted by atomic mass is 32.1. The summed E-state index contributed by atoms with van der Waals surface area (Å²) in [7, 11) is 0. The lowest BCUT2D eigenvalue weighted by atomic mass is 10.1. The molecule has 1 aliphatic heterocycles. The Kier molecular flexibility index (Phi) is 4.12. The first-order valence-corrected chi connectivity index (χ1v) is 8.86. The molecular weight excluding hydrogens is 326 g/mol. The minimum Gasteiger partial charge on any atom is -0.467 e. The Balaban J connectivity index is 1.61. The van der Waals surface area contributed by atoms with Crippen LogP contribution in [0.15, 0.2) is 34.5 Å². The van der Waals surface area contributed by atoms with Crippen LogP contribution in [0.25, 0.3) is 10.8 Å². The zero-order valence-electron chi connectivity index (χ0n) is 13.0. The number of carbonyl (C=O) groups is 1. The van der Waals surface area contributed by atoms with Crippen molar-refractivity contribution in [3.8, 4) is 10.8 Å². The van der Waals surface area contributed by atoms with Crippen molar-refractivity contribution < 1.29 is 9.21 Å². The topological polar surface area (TPSA) is 87.9 Å². The maximum absolute atomic E-state index is 13.0. The number of likely N-dealkylation sites (tertiary alicyclic amines) is 1. The number of carbonyl (C=O) groups excluding carboxylic acids is 1. The highest BCUT2D eigenvalue weighted by Crippen LogP contribution is 2.32. The summed E-state index contributed by atoms with van der Waals surface area (Å²) in [4.78, 5) is 23.4. The Bertz CT molecular complexity index is 796. The first kappa shape index (κ1) is 15.1. The molecule has 1 amide bonds. The van der Waals surface area contributed by atoms with Gasteiger partial charge in [0.15, 0.2) is 10.8 Å². The van der Waals surface area contributed by atoms with Gasteiger partial charge in [0.1, 0.15) is 17.8 Å². The van der Waals surface area contributed by atoms with Crippen molar-refractivity contribution >= 4 is 17.2 Å². The molecular formula is C16H17N5O2S. The van der Waals surface area contributed by atoms with Crippen molar-refractivity contribution in [3.05, 3.63) is 41.6 Å². The van der Waals surface area contributed by atoms with Crippen LogP contribution in [0, 0.1) is 0 Å². The second-order valence-corrected chi connectivity index (χ2v) is 6.61. The van der Waals surface area contributed by atoms with E-state index in [1.807, 2.05) is 17.0 Å². The molecule has 4 rings (SSSR count). The van der Waals surface area contributed by atoms with Gasteiger partial charge in [-0.15, -0.1) is 11.3 Å². The van der Waals surface area contributed by atoms with Crippen LogP contribution in [0.1, 0.15) is 48.0 Å². The van der Waals surface area contributed by atoms with E-state index < -0.39 is 0 Å². The molecule has 0 saturated carbocycles. The standard InChI is InChI=1S/C16H17N5O2S/c22-16(11-9-24-15(19-11)14-17-10-18-20-14)21-7-3-1-2-5-12(21)13-6-4-8-23-13/h4,6,8-10,12H,1-3,5,7H2,(H,17,18,20)/t12-/m0/s1. The number of nitrogens with one attached hydrogen (secondary N) is 1. The van der Waals surface area contributed by atoms with E-state index in [2.05, 4.69) is 20.2 Å². The van der Waals surface area contributed by atoms with E-state index in [0.717, 1.165) is 38.0 Å². The normalized spacial score (nSPS) is 18.5. The average molecular weight is 343 g/mol. The summed E-state index contributed by atoms with van der Waals surface area (Å²) in [6.45, 7) is 0.722. The lowest BCUT2D eigenvalue weighted by Gasteiger charge is -2.28. The van der Waals surface area contributed by atoms with E-state index >= 15 is 0 Å². The van der Waals surface area contributed by atoms with Gasteiger partial charge in [-0.25, -0.2) is 9.97 Å². The lowest BCUT2D eigenvalue weighted by molar-refractivity contribution is 0.0653. The third-order valence-electron chi connectivity index (χ3n) is 4.23. The largest absolute Gasteiger partial charge is 0.467 e. The van der Waals surface area contributed by atoms with Crippen molar-refractivity contribution in [3.63, 3.8) is 0 Å². The molecule has 8 heteroatoms. The number of hydrogen-bond acceptors (Lipinski definition) is 6. The molecule has 1 atom stereocenters. The first-order valence-electron chi connectivity index (χ1n) is 7.98. The van der Waals surface area contributed by atoms with Crippen LogP contribution in [-0.4, -0.2) is 37.5 Å². The number of furan rings is 1. The summed E-state index contributed by atoms with van der Waals surface area (Å²) in [6, 6.07) is 3.79. The van der Waals surface area contributed by atoms with Gasteiger partial charge in [0.05, 0.1) is 12.3 Å². The predicted octanol–water partition coefficient (Wildman–Crippen LogP) is 3.28. The fraction of sp³-hybridized carbons (Fsp3) is 0.375. The smallest absolute Gasteiger partial charge is 0.273 e. The van der Waals surface area contributed by atoms with E-state index in [-0.39, 0.29) is 11.9 Å². The summed E-state index contributed by atoms with van der Waals surface area (Å²) in [5.74, 6) is 1.37. The van der Waals surface area contributed by atoms with Crippen LogP contribution in [0.5, 0.6) is 0 Å². The number of aromatic nitrogens is 4. The quantitative estimate of drug-likeness (QED) is 0.788. The monoisotopic (exact) mass is 343 g/mol. The second kappa shape index (κ2) is 6.56. The number of hydrogen-bond donors (Lipinski definition) is 1. The molecule has 3 aromatic heterocycles. The van der Waals surface area contributed by atoms with E-state index in [1.165, 1.54) is 17.7 Å². The lowest BCUT2D eigenvalue weighted by Crippen LogP contribution is -2.34. The molecule has 0 radical (unpaired) electrons. The van der Waals surface area contributed by atoms with Gasteiger partial charge in [-0.05, 0) is 25.0 Å². The Morgan fingerprint density at radius 2 is 2.33 bits per heavy atom. The van der Waals surface area contributed by atoms with E-state index in [4.69, 9.17) is 4.42 Å². The number of amides is 1. The maximum atomic E-state index is 13.0. The minimum atomic E-state index is -0.0553. The number of H-pyrrole nitrogens is 1. The van der Waals surface area contributed by atoms with Gasteiger partial charge in [-0.2, -0.15) is 5.10 Å². The highest BCUT2D eigenvalue weighted by molar-refractivity contribution is 7.13. The molecule has 0 unspecified atom stereocenters. The molecule has 7 nitrogen and oxygen atoms in total. The zero-order valence-corrected chi connectivity index (χ0v) is 13.8. The van der Waals surface area contributed by atoms with Gasteiger partial charge in [-0.1, -0.05) is 12.8 Å². The third kappa shape index (κ3) is 2.84. The van der Waals surface area contributed by atoms with Gasteiger partial charge in [0.2, 0.25) is 0 Å². The molecule has 24 heavy (non-hydrogen) atoms. The van der Waals surface area contributed by atoms with Crippen LogP contribution >= 0.6 is 11.3 Å². The number of aromatic amines is 1. The van der Waals surface area contributed by atoms with Gasteiger partial charge in [0.25, 0.3) is 5.91 Å². The molecule has 1 N–H and O–H groups in total. The Hall–Kier alpha value is -2.48. The maximum Gasteiger partial charge on any atom is 0.273 e. The molecule has 3 aromatic rings. The van der Waals surface area contributed by atoms with E-state index in [9.17, 15) is 4.79 Å². The molecule has 0 aliphatic carbocycles. The van der Waals surface area contributed by atoms with Crippen LogP contribution < -0.4 is 0 Å². The van der Waals surface area contributed by atoms with Crippen LogP contribution in [-0.2, 0) is 0 Å². The SMILES string of the molecule is O=C(c1csc(-c2ncn[nH]2)n1)N1CCCCC[C@H]1c1ccco1. The Labute approximate surface area is 142 Å². The summed E-state index contributed by atoms with van der Waals surface area (Å²) in [6.07, 6.45) is 7.23. The van der Waals surface area contributed by atoms with Crippen molar-refractivity contribution in [2.24, 2.45) is 0 Å². The highest BCUT2D eigenvalue weighted by Gasteiger charge is 2.30. The fourth-order valence-electron chi connectivity index (χ4n) is 3.06. The molecule has 1 aliphatic rings. The average Bonchev–Trinajstić information content (AvgIpc) is 3.33. The molecule has 1 fully saturated rings. The van der Waals surface area contributed by atoms with Crippen molar-refractivity contribution in [2.45, 2.75) is 31.7 Å². The number of thiazole rings is 1. The molecule has 4 heterocycles. The molecule has 0 aromatic carbocycles. The number of nitrogens with zero attached hydrogens (tertiary/aromatic N) is 4. The van der Waals surface area contributed by atoms with Crippen LogP contribution in [0.4, 0.5) is 0 Å². The van der Waals surface area contributed by atoms with E-state index in [1.54, 1.807) is 11.6 Å². The van der Waals surface area contributed by atoms with Gasteiger partial charge in [0, 0.05) is 11.9 Å². The fourth-order valence-corrected chi connectivity index (χ4v) is 3.80. The van der Waals surface area contributed by atoms with Crippen molar-refractivity contribution in [2.75, 3.05) is 6.54 Å². The predicted molar refractivity (Wildman–Crippen MR) is 88.4 cm³/mol.